The fourth-order valence-electron chi connectivity index (χ4n) is 4.20. The first-order chi connectivity index (χ1) is 15.0. The first-order valence-electron chi connectivity index (χ1n) is 10.3. The Morgan fingerprint density at radius 2 is 1.26 bits per heavy atom. The van der Waals surface area contributed by atoms with Gasteiger partial charge in [-0.25, -0.2) is 14.6 Å². The van der Waals surface area contributed by atoms with Crippen molar-refractivity contribution in [2.24, 2.45) is 14.1 Å². The van der Waals surface area contributed by atoms with E-state index in [4.69, 9.17) is 5.10 Å². The highest BCUT2D eigenvalue weighted by atomic mass is 15.3. The molecule has 5 aromatic rings. The highest BCUT2D eigenvalue weighted by molar-refractivity contribution is 5.80. The normalized spacial score (nSPS) is 11.2. The molecular weight excluding hydrogens is 384 g/mol. The van der Waals surface area contributed by atoms with Gasteiger partial charge in [-0.1, -0.05) is 18.2 Å². The Balaban J connectivity index is 1.74. The van der Waals surface area contributed by atoms with Crippen molar-refractivity contribution in [2.45, 2.75) is 13.8 Å². The van der Waals surface area contributed by atoms with Crippen molar-refractivity contribution in [3.63, 3.8) is 0 Å². The smallest absolute Gasteiger partial charge is 0.139 e. The van der Waals surface area contributed by atoms with E-state index in [0.29, 0.717) is 0 Å². The molecule has 0 aliphatic rings. The Kier molecular flexibility index (Phi) is 4.55. The summed E-state index contributed by atoms with van der Waals surface area (Å²) in [7, 11) is 4.03. The largest absolute Gasteiger partial charge is 0.334 e. The second-order valence-corrected chi connectivity index (χ2v) is 7.82. The van der Waals surface area contributed by atoms with Gasteiger partial charge in [0.05, 0.1) is 11.4 Å². The zero-order valence-corrected chi connectivity index (χ0v) is 18.1. The second kappa shape index (κ2) is 7.40. The summed E-state index contributed by atoms with van der Waals surface area (Å²) in [6, 6.07) is 16.8. The highest BCUT2D eigenvalue weighted by Gasteiger charge is 2.18. The van der Waals surface area contributed by atoms with Crippen molar-refractivity contribution >= 4 is 0 Å². The van der Waals surface area contributed by atoms with Crippen LogP contribution in [-0.2, 0) is 14.1 Å². The van der Waals surface area contributed by atoms with E-state index >= 15 is 0 Å². The van der Waals surface area contributed by atoms with E-state index in [1.165, 1.54) is 0 Å². The third-order valence-electron chi connectivity index (χ3n) is 5.67. The Labute approximate surface area is 181 Å². The number of hydrogen-bond acceptors (Lipinski definition) is 3. The molecule has 0 saturated carbocycles. The molecule has 0 radical (unpaired) electrons. The van der Waals surface area contributed by atoms with E-state index in [1.54, 1.807) is 0 Å². The third-order valence-corrected chi connectivity index (χ3v) is 5.67. The Morgan fingerprint density at radius 3 is 1.77 bits per heavy atom. The summed E-state index contributed by atoms with van der Waals surface area (Å²) >= 11 is 0. The highest BCUT2D eigenvalue weighted by Crippen LogP contribution is 2.35. The van der Waals surface area contributed by atoms with Gasteiger partial charge in [-0.2, -0.15) is 5.10 Å². The molecule has 0 spiro atoms. The molecule has 154 valence electrons. The van der Waals surface area contributed by atoms with Gasteiger partial charge in [0.2, 0.25) is 0 Å². The van der Waals surface area contributed by atoms with Crippen molar-refractivity contribution in [3.8, 4) is 39.6 Å². The lowest BCUT2D eigenvalue weighted by Crippen LogP contribution is -1.99. The van der Waals surface area contributed by atoms with Gasteiger partial charge in [0.1, 0.15) is 11.6 Å². The Hall–Kier alpha value is -3.93. The van der Waals surface area contributed by atoms with Crippen LogP contribution in [0.5, 0.6) is 0 Å². The molecule has 5 rings (SSSR count). The van der Waals surface area contributed by atoms with Crippen LogP contribution in [-0.4, -0.2) is 28.9 Å². The summed E-state index contributed by atoms with van der Waals surface area (Å²) < 4.78 is 6.08. The number of imidazole rings is 2. The van der Waals surface area contributed by atoms with Crippen molar-refractivity contribution in [1.82, 2.24) is 28.9 Å². The van der Waals surface area contributed by atoms with Crippen LogP contribution < -0.4 is 0 Å². The van der Waals surface area contributed by atoms with Gasteiger partial charge in [0, 0.05) is 61.3 Å². The van der Waals surface area contributed by atoms with Crippen molar-refractivity contribution in [2.75, 3.05) is 0 Å². The molecule has 0 aliphatic heterocycles. The Morgan fingerprint density at radius 1 is 0.710 bits per heavy atom. The zero-order chi connectivity index (χ0) is 21.5. The molecule has 3 heterocycles. The summed E-state index contributed by atoms with van der Waals surface area (Å²) in [5.41, 5.74) is 7.49. The van der Waals surface area contributed by atoms with E-state index < -0.39 is 0 Å². The van der Waals surface area contributed by atoms with E-state index in [-0.39, 0.29) is 0 Å². The van der Waals surface area contributed by atoms with Gasteiger partial charge >= 0.3 is 0 Å². The van der Waals surface area contributed by atoms with Crippen molar-refractivity contribution in [3.05, 3.63) is 84.7 Å². The minimum absolute atomic E-state index is 0.920. The summed E-state index contributed by atoms with van der Waals surface area (Å²) in [5.74, 6) is 1.84. The summed E-state index contributed by atoms with van der Waals surface area (Å²) in [4.78, 5) is 9.16. The van der Waals surface area contributed by atoms with E-state index in [9.17, 15) is 0 Å². The molecule has 0 bridgehead atoms. The minimum atomic E-state index is 0.920. The predicted molar refractivity (Wildman–Crippen MR) is 123 cm³/mol. The molecule has 0 N–H and O–H groups in total. The average molecular weight is 409 g/mol. The minimum Gasteiger partial charge on any atom is -0.334 e. The molecule has 0 fully saturated rings. The van der Waals surface area contributed by atoms with Gasteiger partial charge in [0.15, 0.2) is 0 Å². The molecule has 0 amide bonds. The van der Waals surface area contributed by atoms with E-state index in [0.717, 1.165) is 51.0 Å². The first-order valence-corrected chi connectivity index (χ1v) is 10.3. The van der Waals surface area contributed by atoms with E-state index in [1.807, 2.05) is 70.9 Å². The molecule has 0 saturated heterocycles. The predicted octanol–water partition coefficient (Wildman–Crippen LogP) is 4.96. The molecule has 2 aromatic carbocycles. The maximum atomic E-state index is 4.85. The lowest BCUT2D eigenvalue weighted by Gasteiger charge is -2.11. The summed E-state index contributed by atoms with van der Waals surface area (Å²) in [6.45, 7) is 4.19. The fraction of sp³-hybridized carbons (Fsp3) is 0.160. The summed E-state index contributed by atoms with van der Waals surface area (Å²) in [6.07, 6.45) is 7.58. The molecule has 6 nitrogen and oxygen atoms in total. The van der Waals surface area contributed by atoms with Crippen LogP contribution in [0.15, 0.2) is 73.3 Å². The number of rotatable bonds is 4. The number of aromatic nitrogens is 6. The van der Waals surface area contributed by atoms with Gasteiger partial charge in [-0.15, -0.1) is 0 Å². The van der Waals surface area contributed by atoms with E-state index in [2.05, 4.69) is 54.1 Å². The van der Waals surface area contributed by atoms with Crippen LogP contribution in [0.3, 0.4) is 0 Å². The number of hydrogen-bond donors (Lipinski definition) is 0. The fourth-order valence-corrected chi connectivity index (χ4v) is 4.20. The number of para-hydroxylation sites is 1. The Bertz CT molecular complexity index is 1310. The van der Waals surface area contributed by atoms with Crippen molar-refractivity contribution in [1.29, 1.82) is 0 Å². The lowest BCUT2D eigenvalue weighted by atomic mass is 9.97. The molecule has 0 atom stereocenters. The molecule has 6 heteroatoms. The molecular formula is C25H24N6. The van der Waals surface area contributed by atoms with Crippen LogP contribution in [0, 0.1) is 13.8 Å². The third kappa shape index (κ3) is 3.26. The SMILES string of the molecule is Cc1nn(-c2ccccc2)c(C)c1-c1cc(-c2nccn2C)cc(-c2nccn2C)c1. The van der Waals surface area contributed by atoms with Gasteiger partial charge in [0.25, 0.3) is 0 Å². The lowest BCUT2D eigenvalue weighted by molar-refractivity contribution is 0.834. The second-order valence-electron chi connectivity index (χ2n) is 7.82. The van der Waals surface area contributed by atoms with Crippen molar-refractivity contribution < 1.29 is 0 Å². The quantitative estimate of drug-likeness (QED) is 0.422. The maximum absolute atomic E-state index is 4.85. The van der Waals surface area contributed by atoms with Crippen LogP contribution in [0.25, 0.3) is 39.6 Å². The van der Waals surface area contributed by atoms with Crippen LogP contribution in [0.4, 0.5) is 0 Å². The topological polar surface area (TPSA) is 53.5 Å². The molecule has 3 aromatic heterocycles. The van der Waals surface area contributed by atoms with Crippen LogP contribution >= 0.6 is 0 Å². The van der Waals surface area contributed by atoms with Gasteiger partial charge < -0.3 is 9.13 Å². The molecule has 0 aliphatic carbocycles. The van der Waals surface area contributed by atoms with Crippen LogP contribution in [0.1, 0.15) is 11.4 Å². The molecule has 31 heavy (non-hydrogen) atoms. The van der Waals surface area contributed by atoms with Gasteiger partial charge in [-0.3, -0.25) is 0 Å². The maximum Gasteiger partial charge on any atom is 0.139 e. The number of nitrogens with zero attached hydrogens (tertiary/aromatic N) is 6. The molecule has 0 unspecified atom stereocenters. The standard InChI is InChI=1S/C25H24N6/c1-17-23(18(2)31(28-17)22-8-6-5-7-9-22)19-14-20(24-26-10-12-29(24)3)16-21(15-19)25-27-11-13-30(25)4/h5-16H,1-4H3. The monoisotopic (exact) mass is 408 g/mol. The number of benzene rings is 2. The van der Waals surface area contributed by atoms with Crippen LogP contribution in [0.2, 0.25) is 0 Å². The van der Waals surface area contributed by atoms with Gasteiger partial charge in [-0.05, 0) is 49.7 Å². The number of aryl methyl sites for hydroxylation is 3. The average Bonchev–Trinajstić information content (AvgIpc) is 3.47. The zero-order valence-electron chi connectivity index (χ0n) is 18.1. The summed E-state index contributed by atoms with van der Waals surface area (Å²) in [5, 5.41) is 4.85. The first kappa shape index (κ1) is 19.1.